The molecule has 0 radical (unpaired) electrons. The highest BCUT2D eigenvalue weighted by Gasteiger charge is 2.23. The maximum Gasteiger partial charge on any atom is 0.304 e. The predicted octanol–water partition coefficient (Wildman–Crippen LogP) is 2.64. The van der Waals surface area contributed by atoms with Crippen molar-refractivity contribution in [2.24, 2.45) is 0 Å². The Bertz CT molecular complexity index is 406. The maximum absolute atomic E-state index is 10.8. The summed E-state index contributed by atoms with van der Waals surface area (Å²) in [6, 6.07) is 7.11. The van der Waals surface area contributed by atoms with E-state index in [0.717, 1.165) is 12.1 Å². The lowest BCUT2D eigenvalue weighted by atomic mass is 10.0. The summed E-state index contributed by atoms with van der Waals surface area (Å²) in [5, 5.41) is 18.7. The molecule has 18 heavy (non-hydrogen) atoms. The van der Waals surface area contributed by atoms with E-state index in [9.17, 15) is 9.90 Å². The molecule has 2 atom stereocenters. The summed E-state index contributed by atoms with van der Waals surface area (Å²) in [5.74, 6) is -0.545. The van der Waals surface area contributed by atoms with E-state index < -0.39 is 5.97 Å². The molecule has 4 heteroatoms. The molecule has 0 aliphatic carbocycles. The highest BCUT2D eigenvalue weighted by atomic mass is 16.4. The third-order valence-electron chi connectivity index (χ3n) is 3.29. The van der Waals surface area contributed by atoms with Crippen LogP contribution in [0, 0.1) is 0 Å². The number of phenolic OH excluding ortho intramolecular Hbond substituents is 1. The van der Waals surface area contributed by atoms with Crippen LogP contribution in [0.1, 0.15) is 38.8 Å². The molecule has 0 amide bonds. The average Bonchev–Trinajstić information content (AvgIpc) is 2.29. The number of phenols is 1. The van der Waals surface area contributed by atoms with Crippen LogP contribution in [0.25, 0.3) is 0 Å². The number of hydrogen-bond donors (Lipinski definition) is 2. The zero-order chi connectivity index (χ0) is 13.7. The van der Waals surface area contributed by atoms with Crippen LogP contribution in [0.15, 0.2) is 24.3 Å². The lowest BCUT2D eigenvalue weighted by Gasteiger charge is -2.33. The van der Waals surface area contributed by atoms with Crippen molar-refractivity contribution in [3.05, 3.63) is 29.8 Å². The first-order valence-electron chi connectivity index (χ1n) is 6.22. The molecular formula is C14H21NO3. The topological polar surface area (TPSA) is 60.8 Å². The fraction of sp³-hybridized carbons (Fsp3) is 0.500. The molecule has 0 aliphatic rings. The van der Waals surface area contributed by atoms with E-state index >= 15 is 0 Å². The highest BCUT2D eigenvalue weighted by Crippen LogP contribution is 2.29. The van der Waals surface area contributed by atoms with E-state index in [2.05, 4.69) is 4.90 Å². The maximum atomic E-state index is 10.8. The summed E-state index contributed by atoms with van der Waals surface area (Å²) < 4.78 is 0. The van der Waals surface area contributed by atoms with Crippen LogP contribution < -0.4 is 0 Å². The standard InChI is InChI=1S/C14H21NO3/c1-4-15(10(2)9-14(17)18)11(3)12-7-5-6-8-13(12)16/h5-8,10-11,16H,4,9H2,1-3H3,(H,17,18). The van der Waals surface area contributed by atoms with E-state index in [1.165, 1.54) is 0 Å². The SMILES string of the molecule is CCN(C(C)CC(=O)O)C(C)c1ccccc1O. The Hall–Kier alpha value is -1.55. The fourth-order valence-corrected chi connectivity index (χ4v) is 2.36. The smallest absolute Gasteiger partial charge is 0.304 e. The van der Waals surface area contributed by atoms with E-state index in [-0.39, 0.29) is 24.3 Å². The van der Waals surface area contributed by atoms with Gasteiger partial charge in [0, 0.05) is 17.6 Å². The number of benzene rings is 1. The van der Waals surface area contributed by atoms with Gasteiger partial charge in [0.15, 0.2) is 0 Å². The number of carboxylic acid groups (broad SMARTS) is 1. The van der Waals surface area contributed by atoms with Gasteiger partial charge < -0.3 is 10.2 Å². The van der Waals surface area contributed by atoms with Crippen LogP contribution >= 0.6 is 0 Å². The van der Waals surface area contributed by atoms with Gasteiger partial charge >= 0.3 is 5.97 Å². The summed E-state index contributed by atoms with van der Waals surface area (Å²) in [6.45, 7) is 6.61. The fourth-order valence-electron chi connectivity index (χ4n) is 2.36. The number of carbonyl (C=O) groups is 1. The van der Waals surface area contributed by atoms with E-state index in [1.807, 2.05) is 32.9 Å². The molecule has 100 valence electrons. The van der Waals surface area contributed by atoms with Crippen molar-refractivity contribution in [1.29, 1.82) is 0 Å². The van der Waals surface area contributed by atoms with Gasteiger partial charge in [0.05, 0.1) is 6.42 Å². The Balaban J connectivity index is 2.88. The van der Waals surface area contributed by atoms with Crippen molar-refractivity contribution in [2.75, 3.05) is 6.54 Å². The molecule has 1 aromatic rings. The molecule has 0 fully saturated rings. The third kappa shape index (κ3) is 3.47. The number of rotatable bonds is 6. The number of aliphatic carboxylic acids is 1. The Kier molecular flexibility index (Phi) is 5.16. The van der Waals surface area contributed by atoms with Crippen molar-refractivity contribution < 1.29 is 15.0 Å². The molecule has 2 N–H and O–H groups in total. The van der Waals surface area contributed by atoms with Gasteiger partial charge in [0.25, 0.3) is 0 Å². The Morgan fingerprint density at radius 2 is 1.94 bits per heavy atom. The minimum absolute atomic E-state index is 0.00875. The lowest BCUT2D eigenvalue weighted by molar-refractivity contribution is -0.138. The van der Waals surface area contributed by atoms with Crippen molar-refractivity contribution >= 4 is 5.97 Å². The molecule has 4 nitrogen and oxygen atoms in total. The van der Waals surface area contributed by atoms with Gasteiger partial charge in [-0.25, -0.2) is 0 Å². The second-order valence-corrected chi connectivity index (χ2v) is 4.51. The second-order valence-electron chi connectivity index (χ2n) is 4.51. The quantitative estimate of drug-likeness (QED) is 0.816. The van der Waals surface area contributed by atoms with Gasteiger partial charge in [0.2, 0.25) is 0 Å². The highest BCUT2D eigenvalue weighted by molar-refractivity contribution is 5.67. The minimum Gasteiger partial charge on any atom is -0.508 e. The van der Waals surface area contributed by atoms with Crippen LogP contribution in [-0.4, -0.2) is 33.7 Å². The van der Waals surface area contributed by atoms with Crippen LogP contribution in [0.5, 0.6) is 5.75 Å². The van der Waals surface area contributed by atoms with Gasteiger partial charge in [-0.05, 0) is 26.5 Å². The Morgan fingerprint density at radius 3 is 2.44 bits per heavy atom. The Labute approximate surface area is 108 Å². The van der Waals surface area contributed by atoms with Crippen LogP contribution in [0.4, 0.5) is 0 Å². The third-order valence-corrected chi connectivity index (χ3v) is 3.29. The normalized spacial score (nSPS) is 14.4. The van der Waals surface area contributed by atoms with Crippen molar-refractivity contribution in [1.82, 2.24) is 4.90 Å². The predicted molar refractivity (Wildman–Crippen MR) is 70.6 cm³/mol. The van der Waals surface area contributed by atoms with E-state index in [0.29, 0.717) is 0 Å². The van der Waals surface area contributed by atoms with E-state index in [4.69, 9.17) is 5.11 Å². The zero-order valence-electron chi connectivity index (χ0n) is 11.1. The Morgan fingerprint density at radius 1 is 1.33 bits per heavy atom. The molecule has 1 aromatic carbocycles. The first kappa shape index (κ1) is 14.5. The van der Waals surface area contributed by atoms with Crippen LogP contribution in [0.3, 0.4) is 0 Å². The van der Waals surface area contributed by atoms with Crippen LogP contribution in [-0.2, 0) is 4.79 Å². The molecule has 0 saturated carbocycles. The van der Waals surface area contributed by atoms with Gasteiger partial charge in [-0.3, -0.25) is 9.69 Å². The van der Waals surface area contributed by atoms with Gasteiger partial charge in [-0.1, -0.05) is 25.1 Å². The van der Waals surface area contributed by atoms with E-state index in [1.54, 1.807) is 12.1 Å². The molecule has 0 bridgehead atoms. The first-order chi connectivity index (χ1) is 8.47. The van der Waals surface area contributed by atoms with Crippen molar-refractivity contribution in [2.45, 2.75) is 39.3 Å². The molecular weight excluding hydrogens is 230 g/mol. The summed E-state index contributed by atoms with van der Waals surface area (Å²) in [6.07, 6.45) is 0.103. The molecule has 0 saturated heterocycles. The summed E-state index contributed by atoms with van der Waals surface area (Å²) in [7, 11) is 0. The molecule has 1 rings (SSSR count). The molecule has 0 spiro atoms. The summed E-state index contributed by atoms with van der Waals surface area (Å²) >= 11 is 0. The first-order valence-corrected chi connectivity index (χ1v) is 6.22. The second kappa shape index (κ2) is 6.40. The van der Waals surface area contributed by atoms with Gasteiger partial charge in [-0.2, -0.15) is 0 Å². The average molecular weight is 251 g/mol. The minimum atomic E-state index is -0.801. The molecule has 0 heterocycles. The molecule has 2 unspecified atom stereocenters. The summed E-state index contributed by atoms with van der Waals surface area (Å²) in [5.41, 5.74) is 0.830. The number of aromatic hydroxyl groups is 1. The van der Waals surface area contributed by atoms with Gasteiger partial charge in [0.1, 0.15) is 5.75 Å². The largest absolute Gasteiger partial charge is 0.508 e. The van der Waals surface area contributed by atoms with Crippen molar-refractivity contribution in [3.63, 3.8) is 0 Å². The number of nitrogens with zero attached hydrogens (tertiary/aromatic N) is 1. The number of carboxylic acids is 1. The van der Waals surface area contributed by atoms with Crippen LogP contribution in [0.2, 0.25) is 0 Å². The monoisotopic (exact) mass is 251 g/mol. The molecule has 0 aromatic heterocycles. The lowest BCUT2D eigenvalue weighted by Crippen LogP contribution is -2.36. The van der Waals surface area contributed by atoms with Gasteiger partial charge in [-0.15, -0.1) is 0 Å². The zero-order valence-corrected chi connectivity index (χ0v) is 11.1. The number of hydrogen-bond acceptors (Lipinski definition) is 3. The molecule has 0 aliphatic heterocycles. The van der Waals surface area contributed by atoms with Crippen molar-refractivity contribution in [3.8, 4) is 5.75 Å². The number of para-hydroxylation sites is 1. The summed E-state index contributed by atoms with van der Waals surface area (Å²) in [4.78, 5) is 12.9.